The highest BCUT2D eigenvalue weighted by Gasteiger charge is 2.44. The van der Waals surface area contributed by atoms with Crippen LogP contribution in [-0.4, -0.2) is 181 Å². The van der Waals surface area contributed by atoms with Crippen LogP contribution in [0.1, 0.15) is 133 Å². The number of rotatable bonds is 34. The van der Waals surface area contributed by atoms with E-state index in [1.54, 1.807) is 94.8 Å². The summed E-state index contributed by atoms with van der Waals surface area (Å²) >= 11 is 0. The first-order valence-electron chi connectivity index (χ1n) is 30.3. The molecule has 0 aromatic heterocycles. The number of ether oxygens (including phenoxy) is 3. The number of benzene rings is 2. The Labute approximate surface area is 510 Å². The quantitative estimate of drug-likeness (QED) is 0.0403. The minimum Gasteiger partial charge on any atom is -0.480 e. The number of anilines is 1. The Bertz CT molecular complexity index is 2530. The zero-order valence-corrected chi connectivity index (χ0v) is 53.8. The van der Waals surface area contributed by atoms with Crippen molar-refractivity contribution in [2.45, 2.75) is 195 Å². The molecule has 1 aliphatic heterocycles. The summed E-state index contributed by atoms with van der Waals surface area (Å²) in [7, 11) is 6.53. The second-order valence-electron chi connectivity index (χ2n) is 24.9. The van der Waals surface area contributed by atoms with Crippen LogP contribution >= 0.6 is 0 Å². The number of hydrogen-bond donors (Lipinski definition) is 8. The molecule has 1 heterocycles. The molecule has 1 aliphatic rings. The van der Waals surface area contributed by atoms with Crippen LogP contribution in [-0.2, 0) is 60.6 Å². The van der Waals surface area contributed by atoms with Crippen LogP contribution in [0.15, 0.2) is 54.6 Å². The average molecular weight is 1210 g/mol. The summed E-state index contributed by atoms with van der Waals surface area (Å²) in [5.74, 6) is -5.46. The molecule has 11 atom stereocenters. The topological polar surface area (TPSA) is 309 Å². The number of methoxy groups -OCH3 is 2. The summed E-state index contributed by atoms with van der Waals surface area (Å²) < 4.78 is 17.4. The van der Waals surface area contributed by atoms with Gasteiger partial charge in [-0.2, -0.15) is 0 Å². The molecule has 86 heavy (non-hydrogen) atoms. The maximum atomic E-state index is 14.8. The number of urea groups is 1. The fourth-order valence-electron chi connectivity index (χ4n) is 11.1. The van der Waals surface area contributed by atoms with E-state index in [-0.39, 0.29) is 67.2 Å². The second-order valence-corrected chi connectivity index (χ2v) is 24.9. The van der Waals surface area contributed by atoms with Crippen molar-refractivity contribution in [3.8, 4) is 0 Å². The summed E-state index contributed by atoms with van der Waals surface area (Å²) in [5.41, 5.74) is 6.56. The Morgan fingerprint density at radius 3 is 1.90 bits per heavy atom. The highest BCUT2D eigenvalue weighted by Crippen LogP contribution is 2.30. The Kier molecular flexibility index (Phi) is 29.9. The molecule has 0 aliphatic carbocycles. The summed E-state index contributed by atoms with van der Waals surface area (Å²) in [5, 5.41) is 26.5. The minimum absolute atomic E-state index is 0.0823. The van der Waals surface area contributed by atoms with Gasteiger partial charge in [-0.1, -0.05) is 111 Å². The van der Waals surface area contributed by atoms with Gasteiger partial charge in [0.25, 0.3) is 0 Å². The third-order valence-corrected chi connectivity index (χ3v) is 16.0. The highest BCUT2D eigenvalue weighted by atomic mass is 16.6. The van der Waals surface area contributed by atoms with Gasteiger partial charge in [0.1, 0.15) is 29.8 Å². The van der Waals surface area contributed by atoms with Crippen molar-refractivity contribution < 1.29 is 62.5 Å². The first-order chi connectivity index (χ1) is 40.3. The molecule has 2 aromatic carbocycles. The van der Waals surface area contributed by atoms with Crippen LogP contribution in [0.3, 0.4) is 0 Å². The molecule has 1 saturated heterocycles. The van der Waals surface area contributed by atoms with E-state index in [1.807, 2.05) is 71.7 Å². The number of likely N-dealkylation sites (N-methyl/N-ethyl adjacent to an activating group) is 2. The molecule has 1 unspecified atom stereocenters. The number of carbonyl (C=O) groups excluding carboxylic acids is 8. The van der Waals surface area contributed by atoms with Crippen molar-refractivity contribution in [3.05, 3.63) is 65.7 Å². The van der Waals surface area contributed by atoms with Crippen LogP contribution in [0, 0.1) is 29.6 Å². The van der Waals surface area contributed by atoms with E-state index in [1.165, 1.54) is 14.2 Å². The van der Waals surface area contributed by atoms with E-state index in [9.17, 15) is 48.3 Å². The lowest BCUT2D eigenvalue weighted by Gasteiger charge is -2.41. The van der Waals surface area contributed by atoms with Gasteiger partial charge >= 0.3 is 18.1 Å². The number of aliphatic carboxylic acids is 1. The Hall–Kier alpha value is -6.85. The SMILES string of the molecule is CCC(C)[C@@H]([C@@H](CC(=O)N1CCC[C@H]1[C@H](OC)[C@@H](C)C(=O)N[C@@H](Cc1ccccc1)C(=O)O)OC)N(C)C(=O)[C@@H](NC(=O)[C@H](C(C)C)N(C)CCc1ccc(NC(=O)[C@H](CCCNC(N)=O)NC(=O)[C@@H](NC(=O)OC(C)(C)C)C(C)C)cc1)C(C)C. The van der Waals surface area contributed by atoms with Crippen LogP contribution in [0.25, 0.3) is 0 Å². The summed E-state index contributed by atoms with van der Waals surface area (Å²) in [6, 6.07) is 9.62. The van der Waals surface area contributed by atoms with Crippen molar-refractivity contribution >= 4 is 59.2 Å². The lowest BCUT2D eigenvalue weighted by atomic mass is 9.89. The molecule has 2 aromatic rings. The average Bonchev–Trinajstić information content (AvgIpc) is 3.49. The van der Waals surface area contributed by atoms with Gasteiger partial charge in [0.2, 0.25) is 35.4 Å². The second kappa shape index (κ2) is 35.1. The van der Waals surface area contributed by atoms with Gasteiger partial charge in [-0.3, -0.25) is 33.7 Å². The molecule has 1 fully saturated rings. The number of hydrogen-bond acceptors (Lipinski definition) is 13. The Balaban J connectivity index is 1.73. The molecule has 3 rings (SSSR count). The molecule has 0 spiro atoms. The largest absolute Gasteiger partial charge is 0.480 e. The molecule has 23 heteroatoms. The predicted molar refractivity (Wildman–Crippen MR) is 329 cm³/mol. The molecular weight excluding hydrogens is 1100 g/mol. The number of alkyl carbamates (subject to hydrolysis) is 1. The van der Waals surface area contributed by atoms with Gasteiger partial charge in [-0.15, -0.1) is 0 Å². The molecule has 9 amide bonds. The maximum absolute atomic E-state index is 14.8. The third kappa shape index (κ3) is 22.8. The van der Waals surface area contributed by atoms with E-state index in [0.29, 0.717) is 50.9 Å². The van der Waals surface area contributed by atoms with E-state index >= 15 is 0 Å². The first kappa shape index (κ1) is 73.4. The fourth-order valence-corrected chi connectivity index (χ4v) is 11.1. The maximum Gasteiger partial charge on any atom is 0.408 e. The van der Waals surface area contributed by atoms with E-state index in [2.05, 4.69) is 31.9 Å². The molecular formula is C63H102N10O13. The molecule has 482 valence electrons. The molecule has 23 nitrogen and oxygen atoms in total. The molecule has 9 N–H and O–H groups in total. The highest BCUT2D eigenvalue weighted by molar-refractivity contribution is 5.98. The zero-order chi connectivity index (χ0) is 64.7. The van der Waals surface area contributed by atoms with E-state index in [0.717, 1.165) is 11.1 Å². The van der Waals surface area contributed by atoms with Gasteiger partial charge < -0.3 is 66.8 Å². The minimum atomic E-state index is -1.17. The number of carbonyl (C=O) groups is 9. The number of primary amides is 1. The van der Waals surface area contributed by atoms with Crippen LogP contribution in [0.2, 0.25) is 0 Å². The number of amides is 9. The lowest BCUT2D eigenvalue weighted by molar-refractivity contribution is -0.148. The summed E-state index contributed by atoms with van der Waals surface area (Å²) in [6.45, 7) is 22.9. The van der Waals surface area contributed by atoms with Crippen molar-refractivity contribution in [1.82, 2.24) is 41.3 Å². The standard InChI is InChI=1S/C63H102N10O13/c1-17-40(8)53(48(84-15)36-49(74)73-33-22-26-47(73)54(85-16)41(9)55(75)68-46(60(80)81)35-43-23-19-18-20-24-43)72(14)59(79)51(38(4)5)69-58(78)52(39(6)7)71(13)34-31-42-27-29-44(30-28-42)66-56(76)45(25-21-32-65-61(64)82)67-57(77)50(37(2)3)70-62(83)86-63(10,11)12/h18-20,23-24,27-30,37-41,45-48,50-54H,17,21-22,25-26,31-36H2,1-16H3,(H,66,76)(H,67,77)(H,68,75)(H,69,78)(H,70,83)(H,80,81)(H3,64,65,82)/t40?,41-,45+,46+,47+,48-,50+,51+,52+,53+,54-/m1/s1. The normalized spacial score (nSPS) is 17.0. The summed E-state index contributed by atoms with van der Waals surface area (Å²) in [4.78, 5) is 126. The van der Waals surface area contributed by atoms with E-state index in [4.69, 9.17) is 19.9 Å². The third-order valence-electron chi connectivity index (χ3n) is 16.0. The lowest BCUT2D eigenvalue weighted by Crippen LogP contribution is -2.60. The number of carboxylic acid groups (broad SMARTS) is 1. The summed E-state index contributed by atoms with van der Waals surface area (Å²) in [6.07, 6.45) is 0.575. The number of nitrogens with two attached hydrogens (primary N) is 1. The molecule has 0 radical (unpaired) electrons. The number of carboxylic acids is 1. The zero-order valence-electron chi connectivity index (χ0n) is 53.8. The van der Waals surface area contributed by atoms with Gasteiger partial charge in [0.15, 0.2) is 0 Å². The first-order valence-corrected chi connectivity index (χ1v) is 30.3. The molecule has 0 bridgehead atoms. The van der Waals surface area contributed by atoms with E-state index < -0.39 is 102 Å². The molecule has 0 saturated carbocycles. The van der Waals surface area contributed by atoms with Crippen molar-refractivity contribution in [2.24, 2.45) is 35.3 Å². The van der Waals surface area contributed by atoms with Gasteiger partial charge in [0, 0.05) is 53.0 Å². The van der Waals surface area contributed by atoms with Crippen LogP contribution < -0.4 is 37.6 Å². The predicted octanol–water partition coefficient (Wildman–Crippen LogP) is 5.48. The van der Waals surface area contributed by atoms with Crippen molar-refractivity contribution in [1.29, 1.82) is 0 Å². The van der Waals surface area contributed by atoms with Crippen LogP contribution in [0.5, 0.6) is 0 Å². The number of nitrogens with one attached hydrogen (secondary N) is 6. The van der Waals surface area contributed by atoms with Gasteiger partial charge in [0.05, 0.1) is 42.7 Å². The number of likely N-dealkylation sites (tertiary alicyclic amines) is 1. The van der Waals surface area contributed by atoms with Gasteiger partial charge in [-0.25, -0.2) is 14.4 Å². The Morgan fingerprint density at radius 2 is 1.36 bits per heavy atom. The van der Waals surface area contributed by atoms with Gasteiger partial charge in [-0.05, 0) is 107 Å². The van der Waals surface area contributed by atoms with Crippen molar-refractivity contribution in [3.63, 3.8) is 0 Å². The smallest absolute Gasteiger partial charge is 0.408 e. The van der Waals surface area contributed by atoms with Crippen molar-refractivity contribution in [2.75, 3.05) is 53.3 Å². The number of nitrogens with zero attached hydrogens (tertiary/aromatic N) is 3. The Morgan fingerprint density at radius 1 is 0.744 bits per heavy atom. The monoisotopic (exact) mass is 1210 g/mol. The van der Waals surface area contributed by atoms with Crippen LogP contribution in [0.4, 0.5) is 15.3 Å². The fraction of sp³-hybridized carbons (Fsp3) is 0.667.